The predicted octanol–water partition coefficient (Wildman–Crippen LogP) is 1.15. The first-order valence-corrected chi connectivity index (χ1v) is 4.71. The standard InChI is InChI=1S/C12H17N/c1-11-6-8-12(9-7-11)5-4-10-13(2)3/h4-9H,10H2,1-3H3/p+1/b5-4+. The van der Waals surface area contributed by atoms with Gasteiger partial charge in [0.05, 0.1) is 20.6 Å². The maximum Gasteiger partial charge on any atom is 0.0957 e. The molecule has 0 aliphatic carbocycles. The van der Waals surface area contributed by atoms with Gasteiger partial charge < -0.3 is 4.90 Å². The monoisotopic (exact) mass is 176 g/mol. The van der Waals surface area contributed by atoms with Crippen LogP contribution >= 0.6 is 0 Å². The van der Waals surface area contributed by atoms with E-state index in [1.54, 1.807) is 0 Å². The van der Waals surface area contributed by atoms with E-state index in [2.05, 4.69) is 57.4 Å². The van der Waals surface area contributed by atoms with Gasteiger partial charge in [-0.3, -0.25) is 0 Å². The van der Waals surface area contributed by atoms with Gasteiger partial charge in [0, 0.05) is 0 Å². The third-order valence-corrected chi connectivity index (χ3v) is 1.91. The van der Waals surface area contributed by atoms with Gasteiger partial charge in [-0.2, -0.15) is 0 Å². The summed E-state index contributed by atoms with van der Waals surface area (Å²) in [6.07, 6.45) is 4.38. The molecule has 0 radical (unpaired) electrons. The summed E-state index contributed by atoms with van der Waals surface area (Å²) < 4.78 is 0. The fourth-order valence-electron chi connectivity index (χ4n) is 1.11. The van der Waals surface area contributed by atoms with Crippen molar-refractivity contribution >= 4 is 6.08 Å². The third-order valence-electron chi connectivity index (χ3n) is 1.91. The Hall–Kier alpha value is -1.08. The molecule has 13 heavy (non-hydrogen) atoms. The molecular weight excluding hydrogens is 158 g/mol. The summed E-state index contributed by atoms with van der Waals surface area (Å²) >= 11 is 0. The van der Waals surface area contributed by atoms with Crippen molar-refractivity contribution in [2.45, 2.75) is 6.92 Å². The Morgan fingerprint density at radius 1 is 1.15 bits per heavy atom. The molecule has 0 fully saturated rings. The highest BCUT2D eigenvalue weighted by molar-refractivity contribution is 5.49. The number of hydrogen-bond acceptors (Lipinski definition) is 0. The van der Waals surface area contributed by atoms with Crippen molar-refractivity contribution in [3.05, 3.63) is 41.5 Å². The van der Waals surface area contributed by atoms with Crippen LogP contribution < -0.4 is 4.90 Å². The smallest absolute Gasteiger partial charge is 0.0957 e. The number of quaternary nitrogens is 1. The topological polar surface area (TPSA) is 4.44 Å². The van der Waals surface area contributed by atoms with Gasteiger partial charge in [-0.05, 0) is 18.6 Å². The summed E-state index contributed by atoms with van der Waals surface area (Å²) in [5, 5.41) is 0. The Morgan fingerprint density at radius 2 is 1.77 bits per heavy atom. The van der Waals surface area contributed by atoms with Crippen LogP contribution in [0.1, 0.15) is 11.1 Å². The number of likely N-dealkylation sites (N-methyl/N-ethyl adjacent to an activating group) is 1. The second-order valence-electron chi connectivity index (χ2n) is 3.72. The normalized spacial score (nSPS) is 11.4. The maximum absolute atomic E-state index is 2.21. The lowest BCUT2D eigenvalue weighted by molar-refractivity contribution is -0.851. The SMILES string of the molecule is Cc1ccc(/C=C/C[NH+](C)C)cc1. The van der Waals surface area contributed by atoms with E-state index in [9.17, 15) is 0 Å². The minimum atomic E-state index is 1.08. The zero-order valence-corrected chi connectivity index (χ0v) is 8.67. The van der Waals surface area contributed by atoms with E-state index >= 15 is 0 Å². The summed E-state index contributed by atoms with van der Waals surface area (Å²) in [7, 11) is 4.30. The van der Waals surface area contributed by atoms with Crippen LogP contribution in [0.5, 0.6) is 0 Å². The molecule has 0 aliphatic rings. The van der Waals surface area contributed by atoms with Gasteiger partial charge in [-0.25, -0.2) is 0 Å². The van der Waals surface area contributed by atoms with E-state index in [0.717, 1.165) is 6.54 Å². The van der Waals surface area contributed by atoms with Crippen LogP contribution in [0.25, 0.3) is 6.08 Å². The van der Waals surface area contributed by atoms with E-state index < -0.39 is 0 Å². The largest absolute Gasteiger partial charge is 0.337 e. The Labute approximate surface area is 80.7 Å². The van der Waals surface area contributed by atoms with Crippen LogP contribution in [0.15, 0.2) is 30.3 Å². The van der Waals surface area contributed by atoms with Crippen LogP contribution in [0, 0.1) is 6.92 Å². The number of benzene rings is 1. The molecule has 0 spiro atoms. The Bertz CT molecular complexity index is 270. The molecule has 0 saturated carbocycles. The molecule has 1 N–H and O–H groups in total. The molecule has 0 bridgehead atoms. The second-order valence-corrected chi connectivity index (χ2v) is 3.72. The summed E-state index contributed by atoms with van der Waals surface area (Å²) in [4.78, 5) is 1.45. The molecule has 1 nitrogen and oxygen atoms in total. The molecule has 0 unspecified atom stereocenters. The second kappa shape index (κ2) is 4.83. The lowest BCUT2D eigenvalue weighted by atomic mass is 10.1. The van der Waals surface area contributed by atoms with Crippen molar-refractivity contribution in [1.29, 1.82) is 0 Å². The maximum atomic E-state index is 2.21. The van der Waals surface area contributed by atoms with E-state index in [-0.39, 0.29) is 0 Å². The molecule has 0 aromatic heterocycles. The van der Waals surface area contributed by atoms with Crippen molar-refractivity contribution in [2.24, 2.45) is 0 Å². The van der Waals surface area contributed by atoms with Crippen molar-refractivity contribution in [2.75, 3.05) is 20.6 Å². The Kier molecular flexibility index (Phi) is 3.71. The van der Waals surface area contributed by atoms with E-state index in [4.69, 9.17) is 0 Å². The van der Waals surface area contributed by atoms with Crippen LogP contribution in [0.2, 0.25) is 0 Å². The minimum absolute atomic E-state index is 1.08. The van der Waals surface area contributed by atoms with E-state index in [0.29, 0.717) is 0 Å². The van der Waals surface area contributed by atoms with Crippen LogP contribution in [0.4, 0.5) is 0 Å². The molecule has 0 heterocycles. The number of nitrogens with one attached hydrogen (secondary N) is 1. The van der Waals surface area contributed by atoms with E-state index in [1.165, 1.54) is 16.0 Å². The molecule has 1 aromatic rings. The number of aryl methyl sites for hydroxylation is 1. The minimum Gasteiger partial charge on any atom is -0.337 e. The lowest BCUT2D eigenvalue weighted by Gasteiger charge is -2.01. The third kappa shape index (κ3) is 3.90. The molecule has 0 saturated heterocycles. The first kappa shape index (κ1) is 10.0. The average molecular weight is 176 g/mol. The average Bonchev–Trinajstić information content (AvgIpc) is 2.08. The van der Waals surface area contributed by atoms with Gasteiger partial charge in [-0.1, -0.05) is 35.9 Å². The quantitative estimate of drug-likeness (QED) is 0.705. The van der Waals surface area contributed by atoms with Gasteiger partial charge in [0.15, 0.2) is 0 Å². The zero-order chi connectivity index (χ0) is 9.68. The predicted molar refractivity (Wildman–Crippen MR) is 57.9 cm³/mol. The Balaban J connectivity index is 2.54. The number of hydrogen-bond donors (Lipinski definition) is 1. The molecule has 0 aliphatic heterocycles. The Morgan fingerprint density at radius 3 is 2.31 bits per heavy atom. The summed E-state index contributed by atoms with van der Waals surface area (Å²) in [6, 6.07) is 8.58. The fourth-order valence-corrected chi connectivity index (χ4v) is 1.11. The highest BCUT2D eigenvalue weighted by Crippen LogP contribution is 2.04. The van der Waals surface area contributed by atoms with Gasteiger partial charge in [-0.15, -0.1) is 0 Å². The molecule has 1 rings (SSSR count). The van der Waals surface area contributed by atoms with Gasteiger partial charge in [0.2, 0.25) is 0 Å². The highest BCUT2D eigenvalue weighted by Gasteiger charge is 1.88. The fraction of sp³-hybridized carbons (Fsp3) is 0.333. The van der Waals surface area contributed by atoms with Gasteiger partial charge in [0.25, 0.3) is 0 Å². The molecular formula is C12H18N+. The molecule has 70 valence electrons. The first-order chi connectivity index (χ1) is 6.18. The lowest BCUT2D eigenvalue weighted by Crippen LogP contribution is -3.05. The number of rotatable bonds is 3. The van der Waals surface area contributed by atoms with Crippen LogP contribution in [-0.4, -0.2) is 20.6 Å². The molecule has 1 aromatic carbocycles. The summed E-state index contributed by atoms with van der Waals surface area (Å²) in [6.45, 7) is 3.19. The van der Waals surface area contributed by atoms with Crippen molar-refractivity contribution < 1.29 is 4.90 Å². The molecule has 0 atom stereocenters. The van der Waals surface area contributed by atoms with E-state index in [1.807, 2.05) is 0 Å². The summed E-state index contributed by atoms with van der Waals surface area (Å²) in [5.74, 6) is 0. The van der Waals surface area contributed by atoms with Crippen LogP contribution in [-0.2, 0) is 0 Å². The molecule has 1 heteroatoms. The van der Waals surface area contributed by atoms with Crippen molar-refractivity contribution in [1.82, 2.24) is 0 Å². The zero-order valence-electron chi connectivity index (χ0n) is 8.67. The van der Waals surface area contributed by atoms with Gasteiger partial charge >= 0.3 is 0 Å². The first-order valence-electron chi connectivity index (χ1n) is 4.71. The van der Waals surface area contributed by atoms with Crippen molar-refractivity contribution in [3.63, 3.8) is 0 Å². The highest BCUT2D eigenvalue weighted by atomic mass is 15.0. The van der Waals surface area contributed by atoms with Crippen molar-refractivity contribution in [3.8, 4) is 0 Å². The molecule has 0 amide bonds. The van der Waals surface area contributed by atoms with Crippen LogP contribution in [0.3, 0.4) is 0 Å². The van der Waals surface area contributed by atoms with Gasteiger partial charge in [0.1, 0.15) is 0 Å². The summed E-state index contributed by atoms with van der Waals surface area (Å²) in [5.41, 5.74) is 2.60.